The van der Waals surface area contributed by atoms with Gasteiger partial charge in [-0.3, -0.25) is 4.79 Å². The zero-order valence-corrected chi connectivity index (χ0v) is 13.7. The van der Waals surface area contributed by atoms with Gasteiger partial charge in [0.15, 0.2) is 9.99 Å². The van der Waals surface area contributed by atoms with Gasteiger partial charge in [-0.1, -0.05) is 13.3 Å². The Morgan fingerprint density at radius 2 is 2.10 bits per heavy atom. The van der Waals surface area contributed by atoms with Crippen LogP contribution in [0.15, 0.2) is 4.21 Å². The second-order valence-corrected chi connectivity index (χ2v) is 8.34. The largest absolute Gasteiger partial charge is 0.298 e. The van der Waals surface area contributed by atoms with Crippen molar-refractivity contribution in [1.82, 2.24) is 9.29 Å². The second-order valence-electron chi connectivity index (χ2n) is 5.05. The summed E-state index contributed by atoms with van der Waals surface area (Å²) in [6, 6.07) is -0.499. The molecule has 112 valence electrons. The van der Waals surface area contributed by atoms with E-state index in [0.717, 1.165) is 17.8 Å². The molecule has 1 aliphatic heterocycles. The number of piperidine rings is 1. The first-order valence-electron chi connectivity index (χ1n) is 6.86. The molecule has 0 amide bonds. The fraction of sp³-hybridized carbons (Fsp3) is 0.692. The molecule has 0 N–H and O–H groups in total. The molecule has 0 aliphatic carbocycles. The number of aryl methyl sites for hydroxylation is 2. The van der Waals surface area contributed by atoms with Crippen LogP contribution >= 0.6 is 11.3 Å². The fourth-order valence-corrected chi connectivity index (χ4v) is 5.88. The number of nitrogens with zero attached hydrogens (tertiary/aromatic N) is 2. The maximum atomic E-state index is 12.8. The first kappa shape index (κ1) is 15.6. The normalized spacial score (nSPS) is 21.1. The van der Waals surface area contributed by atoms with Gasteiger partial charge < -0.3 is 0 Å². The average Bonchev–Trinajstić information content (AvgIpc) is 2.77. The average molecular weight is 316 g/mol. The molecule has 1 aromatic rings. The van der Waals surface area contributed by atoms with E-state index >= 15 is 0 Å². The third-order valence-corrected chi connectivity index (χ3v) is 7.15. The monoisotopic (exact) mass is 316 g/mol. The third kappa shape index (κ3) is 2.80. The van der Waals surface area contributed by atoms with Crippen LogP contribution in [-0.2, 0) is 14.8 Å². The van der Waals surface area contributed by atoms with Crippen molar-refractivity contribution in [1.29, 1.82) is 0 Å². The molecule has 1 atom stereocenters. The van der Waals surface area contributed by atoms with Gasteiger partial charge in [0.1, 0.15) is 0 Å². The smallest absolute Gasteiger partial charge is 0.255 e. The first-order valence-corrected chi connectivity index (χ1v) is 9.12. The number of aromatic nitrogens is 1. The lowest BCUT2D eigenvalue weighted by Gasteiger charge is -2.33. The highest BCUT2D eigenvalue weighted by Crippen LogP contribution is 2.31. The topological polar surface area (TPSA) is 67.3 Å². The molecule has 2 rings (SSSR count). The van der Waals surface area contributed by atoms with Crippen LogP contribution in [0.5, 0.6) is 0 Å². The minimum Gasteiger partial charge on any atom is -0.298 e. The van der Waals surface area contributed by atoms with Crippen molar-refractivity contribution in [2.24, 2.45) is 0 Å². The molecule has 0 unspecified atom stereocenters. The molecule has 1 fully saturated rings. The highest BCUT2D eigenvalue weighted by molar-refractivity contribution is 7.91. The number of Topliss-reactive ketones (excluding diaryl/α,β-unsaturated/α-hetero) is 1. The molecule has 0 aromatic carbocycles. The number of carbonyl (C=O) groups excluding carboxylic acids is 1. The van der Waals surface area contributed by atoms with Crippen LogP contribution in [0.1, 0.15) is 43.3 Å². The van der Waals surface area contributed by atoms with E-state index in [2.05, 4.69) is 4.98 Å². The maximum Gasteiger partial charge on any atom is 0.255 e. The van der Waals surface area contributed by atoms with Crippen molar-refractivity contribution >= 4 is 27.1 Å². The highest BCUT2D eigenvalue weighted by atomic mass is 32.2. The Balaban J connectivity index is 2.40. The quantitative estimate of drug-likeness (QED) is 0.854. The van der Waals surface area contributed by atoms with Gasteiger partial charge >= 0.3 is 0 Å². The lowest BCUT2D eigenvalue weighted by molar-refractivity contribution is -0.123. The van der Waals surface area contributed by atoms with E-state index in [1.807, 2.05) is 0 Å². The summed E-state index contributed by atoms with van der Waals surface area (Å²) in [6.45, 7) is 5.71. The number of carbonyl (C=O) groups is 1. The van der Waals surface area contributed by atoms with Gasteiger partial charge in [0.05, 0.1) is 16.7 Å². The molecule has 1 aliphatic rings. The molecule has 2 heterocycles. The molecule has 7 heteroatoms. The summed E-state index contributed by atoms with van der Waals surface area (Å²) in [5.74, 6) is 0.00663. The minimum atomic E-state index is -3.61. The number of rotatable bonds is 4. The Hall–Kier alpha value is -0.790. The van der Waals surface area contributed by atoms with Crippen molar-refractivity contribution < 1.29 is 13.2 Å². The van der Waals surface area contributed by atoms with Gasteiger partial charge in [-0.15, -0.1) is 11.3 Å². The summed E-state index contributed by atoms with van der Waals surface area (Å²) in [7, 11) is -3.61. The van der Waals surface area contributed by atoms with Crippen LogP contribution in [0.2, 0.25) is 0 Å². The molecule has 5 nitrogen and oxygen atoms in total. The van der Waals surface area contributed by atoms with Crippen LogP contribution in [-0.4, -0.2) is 36.1 Å². The summed E-state index contributed by atoms with van der Waals surface area (Å²) in [4.78, 5) is 16.2. The lowest BCUT2D eigenvalue weighted by atomic mass is 10.00. The molecule has 0 spiro atoms. The van der Waals surface area contributed by atoms with Gasteiger partial charge in [0.25, 0.3) is 10.0 Å². The predicted molar refractivity (Wildman–Crippen MR) is 78.4 cm³/mol. The second kappa shape index (κ2) is 5.91. The first-order chi connectivity index (χ1) is 9.37. The van der Waals surface area contributed by atoms with Gasteiger partial charge in [0, 0.05) is 13.0 Å². The summed E-state index contributed by atoms with van der Waals surface area (Å²) in [5, 5.41) is 0.733. The van der Waals surface area contributed by atoms with Crippen molar-refractivity contribution in [2.75, 3.05) is 6.54 Å². The van der Waals surface area contributed by atoms with Crippen LogP contribution < -0.4 is 0 Å². The Morgan fingerprint density at radius 1 is 1.40 bits per heavy atom. The van der Waals surface area contributed by atoms with Crippen molar-refractivity contribution in [3.05, 3.63) is 10.7 Å². The van der Waals surface area contributed by atoms with E-state index in [4.69, 9.17) is 0 Å². The standard InChI is InChI=1S/C13H20N2O3S2/c1-4-12(16)11-7-5-6-8-15(11)20(17,18)13-9(2)14-10(3)19-13/h11H,4-8H2,1-3H3/t11-/m1/s1. The molecular formula is C13H20N2O3S2. The zero-order chi connectivity index (χ0) is 14.9. The van der Waals surface area contributed by atoms with E-state index in [9.17, 15) is 13.2 Å². The molecule has 0 saturated carbocycles. The van der Waals surface area contributed by atoms with Crippen molar-refractivity contribution in [2.45, 2.75) is 56.7 Å². The Labute approximate surface area is 124 Å². The predicted octanol–water partition coefficient (Wildman–Crippen LogP) is 2.28. The number of thiazole rings is 1. The maximum absolute atomic E-state index is 12.8. The summed E-state index contributed by atoms with van der Waals surface area (Å²) < 4.78 is 27.3. The molecule has 0 radical (unpaired) electrons. The summed E-state index contributed by atoms with van der Waals surface area (Å²) in [5.41, 5.74) is 0.528. The van der Waals surface area contributed by atoms with E-state index in [1.54, 1.807) is 20.8 Å². The Morgan fingerprint density at radius 3 is 2.65 bits per heavy atom. The lowest BCUT2D eigenvalue weighted by Crippen LogP contribution is -2.47. The van der Waals surface area contributed by atoms with Gasteiger partial charge in [-0.2, -0.15) is 4.31 Å². The molecule has 0 bridgehead atoms. The highest BCUT2D eigenvalue weighted by Gasteiger charge is 2.38. The Kier molecular flexibility index (Phi) is 4.61. The van der Waals surface area contributed by atoms with Crippen LogP contribution in [0.25, 0.3) is 0 Å². The summed E-state index contributed by atoms with van der Waals surface area (Å²) in [6.07, 6.45) is 2.72. The fourth-order valence-electron chi connectivity index (χ4n) is 2.61. The van der Waals surface area contributed by atoms with E-state index < -0.39 is 16.1 Å². The minimum absolute atomic E-state index is 0.00663. The molecule has 1 saturated heterocycles. The van der Waals surface area contributed by atoms with Crippen LogP contribution in [0.3, 0.4) is 0 Å². The number of hydrogen-bond acceptors (Lipinski definition) is 5. The number of sulfonamides is 1. The van der Waals surface area contributed by atoms with Crippen LogP contribution in [0.4, 0.5) is 0 Å². The van der Waals surface area contributed by atoms with Crippen molar-refractivity contribution in [3.8, 4) is 0 Å². The van der Waals surface area contributed by atoms with Gasteiger partial charge in [0.2, 0.25) is 0 Å². The zero-order valence-electron chi connectivity index (χ0n) is 12.0. The van der Waals surface area contributed by atoms with E-state index in [0.29, 0.717) is 25.1 Å². The Bertz CT molecular complexity index is 607. The van der Waals surface area contributed by atoms with Crippen molar-refractivity contribution in [3.63, 3.8) is 0 Å². The third-order valence-electron chi connectivity index (χ3n) is 3.58. The number of ketones is 1. The molecule has 20 heavy (non-hydrogen) atoms. The molecular weight excluding hydrogens is 296 g/mol. The summed E-state index contributed by atoms with van der Waals surface area (Å²) >= 11 is 1.18. The van der Waals surface area contributed by atoms with Crippen LogP contribution in [0, 0.1) is 13.8 Å². The van der Waals surface area contributed by atoms with Gasteiger partial charge in [-0.05, 0) is 26.7 Å². The van der Waals surface area contributed by atoms with Gasteiger partial charge in [-0.25, -0.2) is 13.4 Å². The van der Waals surface area contributed by atoms with E-state index in [-0.39, 0.29) is 9.99 Å². The molecule has 1 aromatic heterocycles. The number of hydrogen-bond donors (Lipinski definition) is 0. The SMILES string of the molecule is CCC(=O)[C@H]1CCCCN1S(=O)(=O)c1sc(C)nc1C. The van der Waals surface area contributed by atoms with E-state index in [1.165, 1.54) is 15.6 Å².